The zero-order chi connectivity index (χ0) is 15.9. The molecule has 0 aliphatic heterocycles. The molecule has 0 N–H and O–H groups in total. The van der Waals surface area contributed by atoms with E-state index in [1.807, 2.05) is 0 Å². The minimum atomic E-state index is -0.610. The Morgan fingerprint density at radius 3 is 2.82 bits per heavy atom. The Hall–Kier alpha value is -1.92. The number of carbonyl (C=O) groups is 1. The summed E-state index contributed by atoms with van der Waals surface area (Å²) >= 11 is 9.28. The maximum atomic E-state index is 14.0. The van der Waals surface area contributed by atoms with Crippen molar-refractivity contribution in [3.05, 3.63) is 51.3 Å². The first-order valence-electron chi connectivity index (χ1n) is 6.13. The lowest BCUT2D eigenvalue weighted by molar-refractivity contribution is 0.0594. The number of fused-ring (bicyclic) bond motifs is 1. The maximum Gasteiger partial charge on any atom is 0.356 e. The number of ether oxygens (including phenoxy) is 1. The van der Waals surface area contributed by atoms with Crippen molar-refractivity contribution in [1.82, 2.24) is 4.98 Å². The van der Waals surface area contributed by atoms with E-state index in [0.717, 1.165) is 0 Å². The summed E-state index contributed by atoms with van der Waals surface area (Å²) in [4.78, 5) is 15.7. The number of hydrogen-bond donors (Lipinski definition) is 0. The molecule has 3 rings (SSSR count). The highest BCUT2D eigenvalue weighted by atomic mass is 79.9. The molecular formula is C15H8BrClFNO3. The van der Waals surface area contributed by atoms with Crippen molar-refractivity contribution in [3.8, 4) is 11.3 Å². The monoisotopic (exact) mass is 383 g/mol. The summed E-state index contributed by atoms with van der Waals surface area (Å²) in [6.07, 6.45) is 0. The van der Waals surface area contributed by atoms with E-state index in [4.69, 9.17) is 16.0 Å². The molecule has 2 heterocycles. The second-order valence-electron chi connectivity index (χ2n) is 4.43. The van der Waals surface area contributed by atoms with Gasteiger partial charge in [0.1, 0.15) is 17.1 Å². The van der Waals surface area contributed by atoms with Gasteiger partial charge in [0.2, 0.25) is 0 Å². The lowest BCUT2D eigenvalue weighted by Gasteiger charge is -2.00. The van der Waals surface area contributed by atoms with Crippen LogP contribution in [0.15, 0.2) is 39.2 Å². The molecule has 7 heteroatoms. The molecular weight excluding hydrogens is 377 g/mol. The van der Waals surface area contributed by atoms with E-state index in [1.54, 1.807) is 12.1 Å². The molecule has 0 radical (unpaired) electrons. The van der Waals surface area contributed by atoms with Crippen molar-refractivity contribution >= 4 is 44.6 Å². The molecule has 0 unspecified atom stereocenters. The van der Waals surface area contributed by atoms with Gasteiger partial charge in [0, 0.05) is 10.5 Å². The highest BCUT2D eigenvalue weighted by Crippen LogP contribution is 2.33. The third-order valence-electron chi connectivity index (χ3n) is 3.02. The lowest BCUT2D eigenvalue weighted by atomic mass is 10.1. The van der Waals surface area contributed by atoms with Gasteiger partial charge in [-0.15, -0.1) is 0 Å². The van der Waals surface area contributed by atoms with E-state index < -0.39 is 11.8 Å². The van der Waals surface area contributed by atoms with Crippen molar-refractivity contribution in [3.63, 3.8) is 0 Å². The van der Waals surface area contributed by atoms with Gasteiger partial charge in [0.05, 0.1) is 17.7 Å². The van der Waals surface area contributed by atoms with Gasteiger partial charge in [0.25, 0.3) is 0 Å². The number of carbonyl (C=O) groups excluding carboxylic acids is 1. The molecule has 3 aromatic rings. The van der Waals surface area contributed by atoms with Crippen molar-refractivity contribution < 1.29 is 18.3 Å². The summed E-state index contributed by atoms with van der Waals surface area (Å²) < 4.78 is 24.8. The number of hydrogen-bond acceptors (Lipinski definition) is 4. The molecule has 0 fully saturated rings. The van der Waals surface area contributed by atoms with Gasteiger partial charge in [-0.3, -0.25) is 0 Å². The van der Waals surface area contributed by atoms with Crippen molar-refractivity contribution in [2.24, 2.45) is 0 Å². The number of nitrogens with zero attached hydrogens (tertiary/aromatic N) is 1. The second-order valence-corrected chi connectivity index (χ2v) is 5.75. The first-order valence-corrected chi connectivity index (χ1v) is 7.30. The molecule has 4 nitrogen and oxygen atoms in total. The predicted molar refractivity (Wildman–Crippen MR) is 83.5 cm³/mol. The van der Waals surface area contributed by atoms with Crippen molar-refractivity contribution in [2.75, 3.05) is 7.11 Å². The molecule has 112 valence electrons. The van der Waals surface area contributed by atoms with Gasteiger partial charge >= 0.3 is 5.97 Å². The van der Waals surface area contributed by atoms with E-state index in [2.05, 4.69) is 25.7 Å². The Kier molecular flexibility index (Phi) is 3.88. The van der Waals surface area contributed by atoms with E-state index in [0.29, 0.717) is 9.99 Å². The maximum absolute atomic E-state index is 14.0. The average molecular weight is 385 g/mol. The van der Waals surface area contributed by atoms with Crippen LogP contribution in [0.25, 0.3) is 22.4 Å². The highest BCUT2D eigenvalue weighted by Gasteiger charge is 2.17. The number of halogens is 3. The van der Waals surface area contributed by atoms with E-state index >= 15 is 0 Å². The third kappa shape index (κ3) is 2.60. The number of benzene rings is 1. The number of methoxy groups -OCH3 is 1. The van der Waals surface area contributed by atoms with E-state index in [9.17, 15) is 9.18 Å². The molecule has 0 atom stereocenters. The lowest BCUT2D eigenvalue weighted by Crippen LogP contribution is -2.03. The molecule has 0 aliphatic carbocycles. The Bertz CT molecular complexity index is 894. The minimum absolute atomic E-state index is 0.0589. The summed E-state index contributed by atoms with van der Waals surface area (Å²) in [7, 11) is 1.25. The first-order chi connectivity index (χ1) is 10.5. The zero-order valence-electron chi connectivity index (χ0n) is 11.2. The number of esters is 1. The molecule has 0 saturated carbocycles. The molecule has 1 aromatic carbocycles. The smallest absolute Gasteiger partial charge is 0.356 e. The normalized spacial score (nSPS) is 10.9. The second kappa shape index (κ2) is 5.70. The molecule has 0 bridgehead atoms. The summed E-state index contributed by atoms with van der Waals surface area (Å²) in [6, 6.07) is 7.48. The molecule has 22 heavy (non-hydrogen) atoms. The van der Waals surface area contributed by atoms with Crippen molar-refractivity contribution in [2.45, 2.75) is 0 Å². The van der Waals surface area contributed by atoms with Crippen LogP contribution in [-0.2, 0) is 4.74 Å². The summed E-state index contributed by atoms with van der Waals surface area (Å²) in [5.74, 6) is -0.782. The van der Waals surface area contributed by atoms with Crippen LogP contribution in [0.2, 0.25) is 5.02 Å². The van der Waals surface area contributed by atoms with Crippen LogP contribution in [0.3, 0.4) is 0 Å². The summed E-state index contributed by atoms with van der Waals surface area (Å²) in [5, 5.41) is 0.203. The van der Waals surface area contributed by atoms with Crippen molar-refractivity contribution in [1.29, 1.82) is 0 Å². The predicted octanol–water partition coefficient (Wildman–Crippen LogP) is 4.84. The largest absolute Gasteiger partial charge is 0.464 e. The van der Waals surface area contributed by atoms with Gasteiger partial charge in [-0.25, -0.2) is 14.2 Å². The highest BCUT2D eigenvalue weighted by molar-refractivity contribution is 9.10. The molecule has 0 spiro atoms. The fourth-order valence-corrected chi connectivity index (χ4v) is 2.59. The van der Waals surface area contributed by atoms with Crippen LogP contribution in [0.1, 0.15) is 10.5 Å². The SMILES string of the molecule is COC(=O)c1cc(Cl)c2oc(-c3ccc(Br)cc3F)cc2n1. The van der Waals surface area contributed by atoms with Crippen LogP contribution in [0.4, 0.5) is 4.39 Å². The first kappa shape index (κ1) is 15.0. The van der Waals surface area contributed by atoms with Crippen LogP contribution in [0.5, 0.6) is 0 Å². The fraction of sp³-hybridized carbons (Fsp3) is 0.0667. The summed E-state index contributed by atoms with van der Waals surface area (Å²) in [6.45, 7) is 0. The molecule has 0 saturated heterocycles. The number of aromatic nitrogens is 1. The quantitative estimate of drug-likeness (QED) is 0.594. The molecule has 0 amide bonds. The Labute approximate surface area is 138 Å². The number of pyridine rings is 1. The third-order valence-corrected chi connectivity index (χ3v) is 3.80. The Morgan fingerprint density at radius 2 is 2.14 bits per heavy atom. The Morgan fingerprint density at radius 1 is 1.36 bits per heavy atom. The van der Waals surface area contributed by atoms with Gasteiger partial charge in [-0.2, -0.15) is 0 Å². The van der Waals surface area contributed by atoms with Crippen LogP contribution in [-0.4, -0.2) is 18.1 Å². The standard InChI is InChI=1S/C15H8BrClFNO3/c1-21-15(20)12-5-9(17)14-11(19-12)6-13(22-14)8-3-2-7(16)4-10(8)18/h2-6H,1H3. The van der Waals surface area contributed by atoms with E-state index in [-0.39, 0.29) is 27.6 Å². The zero-order valence-corrected chi connectivity index (χ0v) is 13.5. The van der Waals surface area contributed by atoms with Gasteiger partial charge < -0.3 is 9.15 Å². The van der Waals surface area contributed by atoms with E-state index in [1.165, 1.54) is 25.3 Å². The fourth-order valence-electron chi connectivity index (χ4n) is 2.01. The van der Waals surface area contributed by atoms with Gasteiger partial charge in [-0.05, 0) is 24.3 Å². The minimum Gasteiger partial charge on any atom is -0.464 e. The number of rotatable bonds is 2. The average Bonchev–Trinajstić information content (AvgIpc) is 2.90. The van der Waals surface area contributed by atoms with Crippen LogP contribution < -0.4 is 0 Å². The van der Waals surface area contributed by atoms with Gasteiger partial charge in [-0.1, -0.05) is 27.5 Å². The van der Waals surface area contributed by atoms with Crippen LogP contribution in [0, 0.1) is 5.82 Å². The number of furan rings is 1. The summed E-state index contributed by atoms with van der Waals surface area (Å²) in [5.41, 5.74) is 0.970. The Balaban J connectivity index is 2.17. The van der Waals surface area contributed by atoms with Crippen LogP contribution >= 0.6 is 27.5 Å². The molecule has 2 aromatic heterocycles. The topological polar surface area (TPSA) is 52.3 Å². The van der Waals surface area contributed by atoms with Gasteiger partial charge in [0.15, 0.2) is 11.3 Å². The molecule has 0 aliphatic rings.